The molecule has 2 bridgehead atoms. The lowest BCUT2D eigenvalue weighted by molar-refractivity contribution is -0.302. The highest BCUT2D eigenvalue weighted by atomic mass is 16.7. The highest BCUT2D eigenvalue weighted by Crippen LogP contribution is 2.40. The van der Waals surface area contributed by atoms with Gasteiger partial charge in [-0.3, -0.25) is 14.4 Å². The van der Waals surface area contributed by atoms with Gasteiger partial charge >= 0.3 is 5.97 Å². The number of ether oxygens (including phenoxy) is 5. The van der Waals surface area contributed by atoms with E-state index in [0.717, 1.165) is 42.6 Å². The van der Waals surface area contributed by atoms with Gasteiger partial charge < -0.3 is 48.7 Å². The molecule has 6 rings (SSSR count). The van der Waals surface area contributed by atoms with Crippen LogP contribution in [0.1, 0.15) is 132 Å². The molecule has 3 N–H and O–H groups in total. The van der Waals surface area contributed by atoms with Gasteiger partial charge in [0, 0.05) is 80.9 Å². The molecule has 0 spiro atoms. The SMILES string of the molecule is CCCn1ccc2cc(NC3CCC(C=C(C)C4OC(=O)C5CCCCN5C(=O)C(=O)C5(O)OC(C(OC)CC(C)C/C(C)=C/C(CC)C(=O)CC(O)C4C)C(OC)CC5C)CC3OCC)ccc21. The van der Waals surface area contributed by atoms with Crippen molar-refractivity contribution in [2.75, 3.05) is 32.7 Å². The Morgan fingerprint density at radius 1 is 0.942 bits per heavy atom. The summed E-state index contributed by atoms with van der Waals surface area (Å²) in [5, 5.41) is 29.1. The van der Waals surface area contributed by atoms with Gasteiger partial charge in [0.25, 0.3) is 11.7 Å². The molecule has 3 fully saturated rings. The molecule has 384 valence electrons. The summed E-state index contributed by atoms with van der Waals surface area (Å²) in [6.45, 7) is 17.2. The Morgan fingerprint density at radius 2 is 1.68 bits per heavy atom. The molecule has 4 aliphatic rings. The van der Waals surface area contributed by atoms with Gasteiger partial charge in [0.15, 0.2) is 0 Å². The number of esters is 1. The van der Waals surface area contributed by atoms with Crippen LogP contribution in [0.5, 0.6) is 0 Å². The van der Waals surface area contributed by atoms with Crippen LogP contribution in [0, 0.1) is 29.6 Å². The number of nitrogens with zero attached hydrogens (tertiary/aromatic N) is 2. The maximum Gasteiger partial charge on any atom is 0.329 e. The van der Waals surface area contributed by atoms with E-state index in [2.05, 4.69) is 60.3 Å². The smallest absolute Gasteiger partial charge is 0.329 e. The Labute approximate surface area is 410 Å². The van der Waals surface area contributed by atoms with Crippen molar-refractivity contribution in [3.63, 3.8) is 0 Å². The van der Waals surface area contributed by atoms with Crippen molar-refractivity contribution >= 4 is 40.0 Å². The number of benzene rings is 1. The second-order valence-electron chi connectivity index (χ2n) is 20.8. The average Bonchev–Trinajstić information content (AvgIpc) is 3.73. The Kier molecular flexibility index (Phi) is 19.3. The van der Waals surface area contributed by atoms with Crippen LogP contribution < -0.4 is 5.32 Å². The summed E-state index contributed by atoms with van der Waals surface area (Å²) in [7, 11) is 3.09. The number of piperidine rings is 1. The van der Waals surface area contributed by atoms with E-state index in [4.69, 9.17) is 23.7 Å². The highest BCUT2D eigenvalue weighted by Gasteiger charge is 2.56. The fourth-order valence-electron chi connectivity index (χ4n) is 11.7. The van der Waals surface area contributed by atoms with Crippen LogP contribution in [-0.4, -0.2) is 125 Å². The zero-order valence-corrected chi connectivity index (χ0v) is 43.1. The number of carbonyl (C=O) groups is 4. The van der Waals surface area contributed by atoms with E-state index < -0.39 is 77.8 Å². The second-order valence-corrected chi connectivity index (χ2v) is 20.8. The number of cyclic esters (lactones) is 1. The van der Waals surface area contributed by atoms with Crippen LogP contribution in [-0.2, 0) is 49.4 Å². The van der Waals surface area contributed by atoms with Crippen LogP contribution in [0.25, 0.3) is 10.9 Å². The molecule has 1 aliphatic carbocycles. The molecular weight excluding hydrogens is 879 g/mol. The third-order valence-electron chi connectivity index (χ3n) is 15.6. The number of carbonyl (C=O) groups excluding carboxylic acids is 4. The van der Waals surface area contributed by atoms with E-state index in [1.54, 1.807) is 28.1 Å². The largest absolute Gasteiger partial charge is 0.456 e. The van der Waals surface area contributed by atoms with Gasteiger partial charge in [0.2, 0.25) is 5.79 Å². The molecule has 1 amide bonds. The van der Waals surface area contributed by atoms with E-state index in [1.807, 2.05) is 33.8 Å². The number of rotatable bonds is 11. The maximum atomic E-state index is 14.6. The molecule has 2 aromatic rings. The van der Waals surface area contributed by atoms with Gasteiger partial charge in [-0.2, -0.15) is 0 Å². The molecule has 1 aromatic carbocycles. The number of aliphatic hydroxyl groups excluding tert-OH is 1. The minimum atomic E-state index is -2.50. The number of fused-ring (bicyclic) bond motifs is 4. The second kappa shape index (κ2) is 24.5. The van der Waals surface area contributed by atoms with Crippen molar-refractivity contribution < 1.29 is 53.1 Å². The predicted molar refractivity (Wildman–Crippen MR) is 266 cm³/mol. The lowest BCUT2D eigenvalue weighted by atomic mass is 9.80. The van der Waals surface area contributed by atoms with Crippen LogP contribution in [0.3, 0.4) is 0 Å². The van der Waals surface area contributed by atoms with E-state index >= 15 is 0 Å². The van der Waals surface area contributed by atoms with Crippen LogP contribution >= 0.6 is 0 Å². The number of anilines is 1. The first-order valence-corrected chi connectivity index (χ1v) is 26.0. The molecule has 14 atom stereocenters. The maximum absolute atomic E-state index is 14.6. The quantitative estimate of drug-likeness (QED) is 0.112. The first kappa shape index (κ1) is 54.4. The molecule has 14 unspecified atom stereocenters. The first-order valence-electron chi connectivity index (χ1n) is 26.0. The zero-order chi connectivity index (χ0) is 50.2. The molecule has 4 heterocycles. The zero-order valence-electron chi connectivity index (χ0n) is 43.1. The number of aliphatic hydroxyl groups is 2. The molecule has 14 nitrogen and oxygen atoms in total. The summed E-state index contributed by atoms with van der Waals surface area (Å²) < 4.78 is 33.2. The Morgan fingerprint density at radius 3 is 2.38 bits per heavy atom. The molecule has 0 radical (unpaired) electrons. The first-order chi connectivity index (χ1) is 33.0. The number of Topliss-reactive ketones (excluding diaryl/α,β-unsaturated/α-hetero) is 2. The molecular formula is C55H83N3O11. The minimum Gasteiger partial charge on any atom is -0.456 e. The summed E-state index contributed by atoms with van der Waals surface area (Å²) >= 11 is 0. The summed E-state index contributed by atoms with van der Waals surface area (Å²) in [5.41, 5.74) is 3.98. The number of allylic oxidation sites excluding steroid dienone is 3. The molecule has 3 aliphatic heterocycles. The summed E-state index contributed by atoms with van der Waals surface area (Å²) in [4.78, 5) is 58.8. The molecule has 2 saturated heterocycles. The number of methoxy groups -OCH3 is 2. The molecule has 69 heavy (non-hydrogen) atoms. The van der Waals surface area contributed by atoms with Gasteiger partial charge in [0.05, 0.1) is 30.5 Å². The van der Waals surface area contributed by atoms with Crippen molar-refractivity contribution in [2.45, 2.75) is 193 Å². The van der Waals surface area contributed by atoms with Crippen molar-refractivity contribution in [1.82, 2.24) is 9.47 Å². The number of ketones is 2. The Hall–Kier alpha value is -3.92. The van der Waals surface area contributed by atoms with Crippen molar-refractivity contribution in [1.29, 1.82) is 0 Å². The van der Waals surface area contributed by atoms with Crippen molar-refractivity contribution in [3.05, 3.63) is 53.8 Å². The molecule has 1 aromatic heterocycles. The lowest BCUT2D eigenvalue weighted by Gasteiger charge is -2.47. The van der Waals surface area contributed by atoms with E-state index in [0.29, 0.717) is 45.1 Å². The van der Waals surface area contributed by atoms with Crippen LogP contribution in [0.4, 0.5) is 5.69 Å². The predicted octanol–water partition coefficient (Wildman–Crippen LogP) is 8.35. The third kappa shape index (κ3) is 12.8. The van der Waals surface area contributed by atoms with Crippen LogP contribution in [0.2, 0.25) is 0 Å². The molecule has 14 heteroatoms. The fraction of sp³-hybridized carbons (Fsp3) is 0.709. The number of hydrogen-bond acceptors (Lipinski definition) is 12. The minimum absolute atomic E-state index is 0.0338. The van der Waals surface area contributed by atoms with E-state index in [-0.39, 0.29) is 55.6 Å². The Bertz CT molecular complexity index is 2130. The van der Waals surface area contributed by atoms with Gasteiger partial charge in [-0.25, -0.2) is 4.79 Å². The lowest BCUT2D eigenvalue weighted by Crippen LogP contribution is -2.64. The van der Waals surface area contributed by atoms with Crippen molar-refractivity contribution in [3.8, 4) is 0 Å². The van der Waals surface area contributed by atoms with Gasteiger partial charge in [-0.05, 0) is 133 Å². The highest BCUT2D eigenvalue weighted by molar-refractivity contribution is 6.39. The summed E-state index contributed by atoms with van der Waals surface area (Å²) in [6.07, 6.45) is 8.56. The summed E-state index contributed by atoms with van der Waals surface area (Å²) in [6, 6.07) is 7.60. The average molecular weight is 962 g/mol. The number of hydrogen-bond donors (Lipinski definition) is 3. The van der Waals surface area contributed by atoms with Gasteiger partial charge in [-0.1, -0.05) is 52.3 Å². The third-order valence-corrected chi connectivity index (χ3v) is 15.6. The standard InChI is InChI=1S/C55H83N3O11/c1-11-22-57-24-21-40-31-41(18-20-43(40)57)56-42-19-17-38(30-47(42)67-13-3)28-35(6)50-37(8)45(59)32-46(60)39(12-2)26-33(4)25-34(5)27-48(65-9)51-49(66-10)29-36(7)55(64,69-51)52(61)53(62)58-23-15-14-16-44(58)54(63)68-50/h18,20-21,24,26,28,31,34,36-39,42,44-45,47-51,56,59,64H,11-17,19,22-23,25,27,29-30,32H2,1-10H3/b33-26+,35-28?. The number of amides is 1. The fourth-order valence-corrected chi connectivity index (χ4v) is 11.7. The summed E-state index contributed by atoms with van der Waals surface area (Å²) in [5.74, 6) is -7.37. The van der Waals surface area contributed by atoms with E-state index in [9.17, 15) is 29.4 Å². The molecule has 1 saturated carbocycles. The van der Waals surface area contributed by atoms with Gasteiger partial charge in [-0.15, -0.1) is 0 Å². The van der Waals surface area contributed by atoms with Crippen molar-refractivity contribution in [2.24, 2.45) is 29.6 Å². The van der Waals surface area contributed by atoms with E-state index in [1.165, 1.54) is 15.8 Å². The number of aryl methyl sites for hydroxylation is 1. The monoisotopic (exact) mass is 962 g/mol. The van der Waals surface area contributed by atoms with Gasteiger partial charge in [0.1, 0.15) is 24.0 Å². The number of aromatic nitrogens is 1. The normalized spacial score (nSPS) is 36.0. The Balaban J connectivity index is 1.30. The topological polar surface area (TPSA) is 175 Å². The number of nitrogens with one attached hydrogen (secondary N) is 1. The van der Waals surface area contributed by atoms with Crippen LogP contribution in [0.15, 0.2) is 53.8 Å².